The lowest BCUT2D eigenvalue weighted by molar-refractivity contribution is 0.400. The van der Waals surface area contributed by atoms with Gasteiger partial charge < -0.3 is 4.57 Å². The highest BCUT2D eigenvalue weighted by Gasteiger charge is 2.16. The van der Waals surface area contributed by atoms with E-state index in [0.717, 1.165) is 11.3 Å². The van der Waals surface area contributed by atoms with Crippen molar-refractivity contribution in [1.29, 1.82) is 0 Å². The molecule has 0 saturated heterocycles. The molecular weight excluding hydrogens is 203 g/mol. The van der Waals surface area contributed by atoms with Gasteiger partial charge in [-0.25, -0.2) is 9.37 Å². The second-order valence-corrected chi connectivity index (χ2v) is 4.83. The Labute approximate surface area is 94.8 Å². The summed E-state index contributed by atoms with van der Waals surface area (Å²) in [5.41, 5.74) is 1.96. The van der Waals surface area contributed by atoms with E-state index in [1.165, 1.54) is 12.1 Å². The van der Waals surface area contributed by atoms with Crippen molar-refractivity contribution in [2.75, 3.05) is 0 Å². The van der Waals surface area contributed by atoms with Crippen LogP contribution in [0.25, 0.3) is 11.3 Å². The highest BCUT2D eigenvalue weighted by Crippen LogP contribution is 2.25. The van der Waals surface area contributed by atoms with E-state index >= 15 is 0 Å². The Kier molecular flexibility index (Phi) is 2.54. The van der Waals surface area contributed by atoms with Crippen LogP contribution in [0.4, 0.5) is 4.39 Å². The molecule has 0 radical (unpaired) electrons. The minimum Gasteiger partial charge on any atom is -0.325 e. The van der Waals surface area contributed by atoms with E-state index in [1.807, 2.05) is 0 Å². The van der Waals surface area contributed by atoms with Crippen LogP contribution in [-0.4, -0.2) is 9.55 Å². The third kappa shape index (κ3) is 1.98. The summed E-state index contributed by atoms with van der Waals surface area (Å²) in [7, 11) is 0. The lowest BCUT2D eigenvalue weighted by Gasteiger charge is -2.23. The molecule has 1 aromatic carbocycles. The van der Waals surface area contributed by atoms with Gasteiger partial charge in [-0.3, -0.25) is 0 Å². The van der Waals surface area contributed by atoms with Crippen LogP contribution in [0.5, 0.6) is 0 Å². The first-order valence-electron chi connectivity index (χ1n) is 5.27. The summed E-state index contributed by atoms with van der Waals surface area (Å²) < 4.78 is 14.9. The fraction of sp³-hybridized carbons (Fsp3) is 0.308. The Morgan fingerprint density at radius 3 is 2.31 bits per heavy atom. The summed E-state index contributed by atoms with van der Waals surface area (Å²) in [6.45, 7) is 6.34. The zero-order valence-electron chi connectivity index (χ0n) is 9.74. The van der Waals surface area contributed by atoms with Crippen LogP contribution in [0.3, 0.4) is 0 Å². The monoisotopic (exact) mass is 218 g/mol. The van der Waals surface area contributed by atoms with Gasteiger partial charge in [0.15, 0.2) is 0 Å². The number of hydrogen-bond acceptors (Lipinski definition) is 1. The van der Waals surface area contributed by atoms with E-state index in [9.17, 15) is 4.39 Å². The maximum absolute atomic E-state index is 12.8. The molecule has 0 amide bonds. The molecule has 0 spiro atoms. The van der Waals surface area contributed by atoms with Gasteiger partial charge in [-0.15, -0.1) is 0 Å². The van der Waals surface area contributed by atoms with Crippen molar-refractivity contribution < 1.29 is 4.39 Å². The first-order chi connectivity index (χ1) is 7.48. The van der Waals surface area contributed by atoms with Crippen LogP contribution < -0.4 is 0 Å². The maximum Gasteiger partial charge on any atom is 0.123 e. The maximum atomic E-state index is 12.8. The molecule has 3 heteroatoms. The second kappa shape index (κ2) is 3.74. The molecule has 0 aliphatic carbocycles. The molecule has 2 aromatic rings. The lowest BCUT2D eigenvalue weighted by atomic mass is 10.1. The second-order valence-electron chi connectivity index (χ2n) is 4.83. The summed E-state index contributed by atoms with van der Waals surface area (Å²) in [6, 6.07) is 6.48. The molecule has 2 rings (SSSR count). The van der Waals surface area contributed by atoms with Gasteiger partial charge in [0.05, 0.1) is 18.2 Å². The van der Waals surface area contributed by atoms with E-state index in [-0.39, 0.29) is 11.4 Å². The molecule has 2 nitrogen and oxygen atoms in total. The standard InChI is InChI=1S/C13H15FN2/c1-13(2,3)16-9-15-8-12(16)10-4-6-11(14)7-5-10/h4-9H,1-3H3. The molecule has 0 aliphatic rings. The first kappa shape index (κ1) is 10.9. The average molecular weight is 218 g/mol. The van der Waals surface area contributed by atoms with Crippen molar-refractivity contribution in [3.8, 4) is 11.3 Å². The number of nitrogens with zero attached hydrogens (tertiary/aromatic N) is 2. The largest absolute Gasteiger partial charge is 0.325 e. The summed E-state index contributed by atoms with van der Waals surface area (Å²) in [6.07, 6.45) is 3.61. The van der Waals surface area contributed by atoms with Crippen molar-refractivity contribution in [3.05, 3.63) is 42.6 Å². The molecule has 0 unspecified atom stereocenters. The molecule has 0 N–H and O–H groups in total. The van der Waals surface area contributed by atoms with E-state index in [2.05, 4.69) is 30.3 Å². The highest BCUT2D eigenvalue weighted by molar-refractivity contribution is 5.59. The Balaban J connectivity index is 2.49. The van der Waals surface area contributed by atoms with Gasteiger partial charge in [-0.05, 0) is 50.6 Å². The van der Waals surface area contributed by atoms with E-state index in [1.54, 1.807) is 24.7 Å². The summed E-state index contributed by atoms with van der Waals surface area (Å²) in [5, 5.41) is 0. The number of aromatic nitrogens is 2. The van der Waals surface area contributed by atoms with Gasteiger partial charge in [0.1, 0.15) is 5.82 Å². The quantitative estimate of drug-likeness (QED) is 0.717. The molecule has 0 saturated carbocycles. The van der Waals surface area contributed by atoms with Crippen LogP contribution >= 0.6 is 0 Å². The molecule has 84 valence electrons. The van der Waals surface area contributed by atoms with E-state index in [0.29, 0.717) is 0 Å². The Bertz CT molecular complexity index is 477. The summed E-state index contributed by atoms with van der Waals surface area (Å²) in [5.74, 6) is -0.217. The van der Waals surface area contributed by atoms with Crippen LogP contribution in [0.2, 0.25) is 0 Å². The molecule has 0 aliphatic heterocycles. The van der Waals surface area contributed by atoms with Gasteiger partial charge in [-0.1, -0.05) is 0 Å². The molecule has 16 heavy (non-hydrogen) atoms. The molecule has 0 bridgehead atoms. The lowest BCUT2D eigenvalue weighted by Crippen LogP contribution is -2.21. The molecule has 1 aromatic heterocycles. The van der Waals surface area contributed by atoms with E-state index < -0.39 is 0 Å². The van der Waals surface area contributed by atoms with Crippen molar-refractivity contribution in [2.24, 2.45) is 0 Å². The van der Waals surface area contributed by atoms with E-state index in [4.69, 9.17) is 0 Å². The predicted octanol–water partition coefficient (Wildman–Crippen LogP) is 3.44. The SMILES string of the molecule is CC(C)(C)n1cncc1-c1ccc(F)cc1. The smallest absolute Gasteiger partial charge is 0.123 e. The number of halogens is 1. The Hall–Kier alpha value is -1.64. The van der Waals surface area contributed by atoms with Crippen LogP contribution in [0, 0.1) is 5.82 Å². The van der Waals surface area contributed by atoms with Crippen LogP contribution in [0.15, 0.2) is 36.8 Å². The van der Waals surface area contributed by atoms with Crippen LogP contribution in [0.1, 0.15) is 20.8 Å². The molecular formula is C13H15FN2. The number of imidazole rings is 1. The average Bonchev–Trinajstić information content (AvgIpc) is 2.66. The third-order valence-corrected chi connectivity index (χ3v) is 2.50. The van der Waals surface area contributed by atoms with Gasteiger partial charge in [0.2, 0.25) is 0 Å². The molecule has 1 heterocycles. The first-order valence-corrected chi connectivity index (χ1v) is 5.27. The normalized spacial score (nSPS) is 11.8. The van der Waals surface area contributed by atoms with Gasteiger partial charge in [0, 0.05) is 5.54 Å². The van der Waals surface area contributed by atoms with Crippen molar-refractivity contribution in [1.82, 2.24) is 9.55 Å². The van der Waals surface area contributed by atoms with Crippen molar-refractivity contribution in [2.45, 2.75) is 26.3 Å². The predicted molar refractivity (Wildman–Crippen MR) is 62.6 cm³/mol. The Morgan fingerprint density at radius 2 is 1.75 bits per heavy atom. The van der Waals surface area contributed by atoms with Gasteiger partial charge >= 0.3 is 0 Å². The van der Waals surface area contributed by atoms with Crippen molar-refractivity contribution in [3.63, 3.8) is 0 Å². The number of rotatable bonds is 1. The summed E-state index contributed by atoms with van der Waals surface area (Å²) in [4.78, 5) is 4.16. The fourth-order valence-electron chi connectivity index (χ4n) is 1.66. The number of benzene rings is 1. The summed E-state index contributed by atoms with van der Waals surface area (Å²) >= 11 is 0. The zero-order valence-corrected chi connectivity index (χ0v) is 9.74. The van der Waals surface area contributed by atoms with Gasteiger partial charge in [-0.2, -0.15) is 0 Å². The number of hydrogen-bond donors (Lipinski definition) is 0. The highest BCUT2D eigenvalue weighted by atomic mass is 19.1. The minimum absolute atomic E-state index is 0.0276. The molecule has 0 atom stereocenters. The molecule has 0 fully saturated rings. The van der Waals surface area contributed by atoms with Gasteiger partial charge in [0.25, 0.3) is 0 Å². The minimum atomic E-state index is -0.217. The fourth-order valence-corrected chi connectivity index (χ4v) is 1.66. The van der Waals surface area contributed by atoms with Crippen molar-refractivity contribution >= 4 is 0 Å². The zero-order chi connectivity index (χ0) is 11.8. The topological polar surface area (TPSA) is 17.8 Å². The Morgan fingerprint density at radius 1 is 1.12 bits per heavy atom. The van der Waals surface area contributed by atoms with Crippen LogP contribution in [-0.2, 0) is 5.54 Å². The third-order valence-electron chi connectivity index (χ3n) is 2.50.